The summed E-state index contributed by atoms with van der Waals surface area (Å²) in [4.78, 5) is 12.4. The van der Waals surface area contributed by atoms with Crippen LogP contribution in [-0.4, -0.2) is 21.5 Å². The minimum absolute atomic E-state index is 0.284. The number of hydrogen-bond acceptors (Lipinski definition) is 4. The highest BCUT2D eigenvalue weighted by Crippen LogP contribution is 2.28. The lowest BCUT2D eigenvalue weighted by molar-refractivity contribution is 0.0522. The van der Waals surface area contributed by atoms with E-state index in [1.807, 2.05) is 6.07 Å². The van der Waals surface area contributed by atoms with Gasteiger partial charge >= 0.3 is 6.09 Å². The molecule has 0 aliphatic carbocycles. The van der Waals surface area contributed by atoms with E-state index >= 15 is 0 Å². The summed E-state index contributed by atoms with van der Waals surface area (Å²) in [5, 5.41) is 4.85. The monoisotopic (exact) mass is 467 g/mol. The summed E-state index contributed by atoms with van der Waals surface area (Å²) < 4.78 is 21.7. The van der Waals surface area contributed by atoms with Gasteiger partial charge in [0, 0.05) is 21.1 Å². The van der Waals surface area contributed by atoms with Crippen molar-refractivity contribution >= 4 is 45.3 Å². The molecule has 5 nitrogen and oxygen atoms in total. The van der Waals surface area contributed by atoms with Crippen molar-refractivity contribution in [2.24, 2.45) is 0 Å². The molecule has 3 aromatic rings. The van der Waals surface area contributed by atoms with E-state index in [9.17, 15) is 9.18 Å². The lowest BCUT2D eigenvalue weighted by Crippen LogP contribution is -2.27. The highest BCUT2D eigenvalue weighted by molar-refractivity contribution is 14.1. The predicted molar refractivity (Wildman–Crippen MR) is 108 cm³/mol. The van der Waals surface area contributed by atoms with E-state index in [1.165, 1.54) is 10.7 Å². The van der Waals surface area contributed by atoms with Gasteiger partial charge in [0.25, 0.3) is 0 Å². The average Bonchev–Trinajstić information content (AvgIpc) is 2.95. The number of halogens is 2. The number of fused-ring (bicyclic) bond motifs is 1. The van der Waals surface area contributed by atoms with Crippen LogP contribution < -0.4 is 5.73 Å². The van der Waals surface area contributed by atoms with Gasteiger partial charge in [0.15, 0.2) is 0 Å². The second-order valence-corrected chi connectivity index (χ2v) is 8.26. The molecule has 3 rings (SSSR count). The summed E-state index contributed by atoms with van der Waals surface area (Å²) in [6.07, 6.45) is 1.31. The lowest BCUT2D eigenvalue weighted by atomic mass is 9.99. The van der Waals surface area contributed by atoms with Crippen LogP contribution in [0.1, 0.15) is 31.9 Å². The highest BCUT2D eigenvalue weighted by atomic mass is 127. The maximum absolute atomic E-state index is 14.2. The third kappa shape index (κ3) is 3.82. The van der Waals surface area contributed by atoms with Gasteiger partial charge < -0.3 is 10.5 Å². The molecule has 26 heavy (non-hydrogen) atoms. The molecule has 7 heteroatoms. The van der Waals surface area contributed by atoms with Crippen molar-refractivity contribution in [1.82, 2.24) is 9.78 Å². The first kappa shape index (κ1) is 18.6. The fraction of sp³-hybridized carbons (Fsp3) is 0.263. The topological polar surface area (TPSA) is 70.1 Å². The van der Waals surface area contributed by atoms with Crippen molar-refractivity contribution in [2.45, 2.75) is 32.8 Å². The molecule has 0 fully saturated rings. The van der Waals surface area contributed by atoms with E-state index in [2.05, 4.69) is 27.7 Å². The Morgan fingerprint density at radius 2 is 2.04 bits per heavy atom. The van der Waals surface area contributed by atoms with Gasteiger partial charge in [-0.15, -0.1) is 0 Å². The van der Waals surface area contributed by atoms with Crippen LogP contribution in [0.2, 0.25) is 0 Å². The summed E-state index contributed by atoms with van der Waals surface area (Å²) in [7, 11) is 0. The predicted octanol–water partition coefficient (Wildman–Crippen LogP) is 4.74. The Hall–Kier alpha value is -2.16. The molecule has 0 aliphatic heterocycles. The number of anilines is 1. The van der Waals surface area contributed by atoms with Crippen LogP contribution in [0.25, 0.3) is 10.9 Å². The van der Waals surface area contributed by atoms with Crippen LogP contribution in [0.4, 0.5) is 14.9 Å². The zero-order valence-electron chi connectivity index (χ0n) is 14.7. The van der Waals surface area contributed by atoms with Crippen molar-refractivity contribution in [3.8, 4) is 0 Å². The molecule has 0 amide bonds. The molecule has 1 heterocycles. The van der Waals surface area contributed by atoms with Crippen molar-refractivity contribution in [3.63, 3.8) is 0 Å². The van der Waals surface area contributed by atoms with Crippen LogP contribution in [0, 0.1) is 9.39 Å². The zero-order chi connectivity index (χ0) is 19.1. The fourth-order valence-electron chi connectivity index (χ4n) is 2.68. The first-order chi connectivity index (χ1) is 12.2. The maximum Gasteiger partial charge on any atom is 0.435 e. The van der Waals surface area contributed by atoms with E-state index in [1.54, 1.807) is 45.2 Å². The lowest BCUT2D eigenvalue weighted by Gasteiger charge is -2.19. The van der Waals surface area contributed by atoms with Crippen LogP contribution in [0.15, 0.2) is 36.5 Å². The van der Waals surface area contributed by atoms with Crippen molar-refractivity contribution < 1.29 is 13.9 Å². The first-order valence-corrected chi connectivity index (χ1v) is 9.16. The smallest absolute Gasteiger partial charge is 0.435 e. The van der Waals surface area contributed by atoms with Crippen LogP contribution in [0.3, 0.4) is 0 Å². The number of nitrogen functional groups attached to an aromatic ring is 1. The number of aromatic nitrogens is 2. The summed E-state index contributed by atoms with van der Waals surface area (Å²) >= 11 is 2.07. The molecule has 0 aliphatic rings. The first-order valence-electron chi connectivity index (χ1n) is 8.08. The van der Waals surface area contributed by atoms with Gasteiger partial charge in [-0.05, 0) is 78.8 Å². The molecule has 0 radical (unpaired) electrons. The maximum atomic E-state index is 14.2. The fourth-order valence-corrected chi connectivity index (χ4v) is 3.13. The van der Waals surface area contributed by atoms with Gasteiger partial charge in [-0.1, -0.05) is 6.07 Å². The number of ether oxygens (including phenoxy) is 1. The van der Waals surface area contributed by atoms with Crippen molar-refractivity contribution in [3.05, 3.63) is 57.0 Å². The van der Waals surface area contributed by atoms with Gasteiger partial charge in [0.05, 0.1) is 11.7 Å². The van der Waals surface area contributed by atoms with Gasteiger partial charge in [-0.3, -0.25) is 0 Å². The molecule has 2 aromatic carbocycles. The van der Waals surface area contributed by atoms with Crippen LogP contribution in [-0.2, 0) is 11.2 Å². The Kier molecular flexibility index (Phi) is 4.92. The number of carbonyl (C=O) groups is 1. The molecule has 0 atom stereocenters. The molecular formula is C19H19FIN3O2. The minimum atomic E-state index is -0.629. The van der Waals surface area contributed by atoms with E-state index in [0.717, 1.165) is 9.13 Å². The van der Waals surface area contributed by atoms with Gasteiger partial charge in [-0.2, -0.15) is 9.78 Å². The molecule has 2 N–H and O–H groups in total. The molecule has 0 saturated carbocycles. The molecule has 1 aromatic heterocycles. The van der Waals surface area contributed by atoms with Gasteiger partial charge in [0.2, 0.25) is 0 Å². The van der Waals surface area contributed by atoms with E-state index in [-0.39, 0.29) is 5.82 Å². The van der Waals surface area contributed by atoms with Crippen molar-refractivity contribution in [1.29, 1.82) is 0 Å². The Bertz CT molecular complexity index is 992. The van der Waals surface area contributed by atoms with Crippen LogP contribution in [0.5, 0.6) is 0 Å². The van der Waals surface area contributed by atoms with E-state index in [4.69, 9.17) is 10.5 Å². The summed E-state index contributed by atoms with van der Waals surface area (Å²) in [6.45, 7) is 5.37. The average molecular weight is 467 g/mol. The number of carbonyl (C=O) groups excluding carboxylic acids is 1. The summed E-state index contributed by atoms with van der Waals surface area (Å²) in [6, 6.07) is 8.49. The quantitative estimate of drug-likeness (QED) is 0.437. The van der Waals surface area contributed by atoms with Gasteiger partial charge in [0.1, 0.15) is 11.4 Å². The Morgan fingerprint density at radius 3 is 2.69 bits per heavy atom. The molecule has 0 saturated heterocycles. The number of nitrogens with zero attached hydrogens (tertiary/aromatic N) is 2. The number of benzene rings is 2. The third-order valence-corrected chi connectivity index (χ3v) is 4.52. The van der Waals surface area contributed by atoms with E-state index in [0.29, 0.717) is 28.6 Å². The number of rotatable bonds is 2. The largest absolute Gasteiger partial charge is 0.442 e. The molecule has 136 valence electrons. The SMILES string of the molecule is CC(C)(C)OC(=O)n1ncc2c(Cc3ccc(I)cc3F)c(N)ccc21. The highest BCUT2D eigenvalue weighted by Gasteiger charge is 2.21. The molecule has 0 spiro atoms. The second kappa shape index (κ2) is 6.86. The standard InChI is InChI=1S/C19H19FIN3O2/c1-19(2,3)26-18(25)24-17-7-6-16(22)13(14(17)10-23-24)8-11-4-5-12(21)9-15(11)20/h4-7,9-10H,8,22H2,1-3H3. The minimum Gasteiger partial charge on any atom is -0.442 e. The Labute approximate surface area is 164 Å². The Morgan fingerprint density at radius 1 is 1.31 bits per heavy atom. The zero-order valence-corrected chi connectivity index (χ0v) is 16.9. The number of hydrogen-bond donors (Lipinski definition) is 1. The Balaban J connectivity index is 2.04. The summed E-state index contributed by atoms with van der Waals surface area (Å²) in [5.74, 6) is -0.284. The normalized spacial score (nSPS) is 11.7. The molecule has 0 unspecified atom stereocenters. The second-order valence-electron chi connectivity index (χ2n) is 7.02. The van der Waals surface area contributed by atoms with Gasteiger partial charge in [-0.25, -0.2) is 9.18 Å². The summed E-state index contributed by atoms with van der Waals surface area (Å²) in [5.41, 5.74) is 7.87. The molecule has 0 bridgehead atoms. The number of nitrogens with two attached hydrogens (primary N) is 1. The van der Waals surface area contributed by atoms with Crippen molar-refractivity contribution in [2.75, 3.05) is 5.73 Å². The third-order valence-electron chi connectivity index (χ3n) is 3.85. The van der Waals surface area contributed by atoms with E-state index < -0.39 is 11.7 Å². The van der Waals surface area contributed by atoms with Crippen LogP contribution >= 0.6 is 22.6 Å². The molecular weight excluding hydrogens is 448 g/mol.